The van der Waals surface area contributed by atoms with E-state index in [0.717, 1.165) is 31.9 Å². The molecule has 1 fully saturated rings. The molecular formula is C12H15N2O2. The molecule has 0 atom stereocenters. The molecule has 1 aromatic carbocycles. The number of hydrogen-bond donors (Lipinski definition) is 0. The van der Waals surface area contributed by atoms with Gasteiger partial charge in [-0.15, -0.1) is 0 Å². The van der Waals surface area contributed by atoms with Crippen molar-refractivity contribution < 1.29 is 9.53 Å². The number of rotatable bonds is 3. The number of piperazine rings is 1. The summed E-state index contributed by atoms with van der Waals surface area (Å²) in [7, 11) is 0. The third kappa shape index (κ3) is 2.97. The van der Waals surface area contributed by atoms with Crippen molar-refractivity contribution in [2.75, 3.05) is 32.8 Å². The van der Waals surface area contributed by atoms with E-state index in [1.165, 1.54) is 0 Å². The van der Waals surface area contributed by atoms with Crippen LogP contribution in [0, 0.1) is 0 Å². The second-order valence-electron chi connectivity index (χ2n) is 3.65. The van der Waals surface area contributed by atoms with Gasteiger partial charge < -0.3 is 9.64 Å². The molecule has 1 aliphatic rings. The largest absolute Gasteiger partial charge is 0.484 e. The summed E-state index contributed by atoms with van der Waals surface area (Å²) in [6.07, 6.45) is 0. The summed E-state index contributed by atoms with van der Waals surface area (Å²) >= 11 is 0. The van der Waals surface area contributed by atoms with Gasteiger partial charge in [0.15, 0.2) is 6.61 Å². The Hall–Kier alpha value is -1.55. The average Bonchev–Trinajstić information content (AvgIpc) is 2.38. The molecule has 0 aromatic heterocycles. The quantitative estimate of drug-likeness (QED) is 0.743. The Morgan fingerprint density at radius 2 is 1.94 bits per heavy atom. The van der Waals surface area contributed by atoms with E-state index in [0.29, 0.717) is 0 Å². The van der Waals surface area contributed by atoms with Crippen LogP contribution in [0.15, 0.2) is 30.3 Å². The van der Waals surface area contributed by atoms with Gasteiger partial charge in [-0.1, -0.05) is 18.2 Å². The topological polar surface area (TPSA) is 43.6 Å². The van der Waals surface area contributed by atoms with Gasteiger partial charge in [-0.25, -0.2) is 5.32 Å². The molecule has 0 bridgehead atoms. The number of hydrogen-bond acceptors (Lipinski definition) is 2. The van der Waals surface area contributed by atoms with Crippen LogP contribution >= 0.6 is 0 Å². The summed E-state index contributed by atoms with van der Waals surface area (Å²) in [6, 6.07) is 9.39. The van der Waals surface area contributed by atoms with Crippen molar-refractivity contribution in [1.82, 2.24) is 10.2 Å². The molecule has 1 radical (unpaired) electrons. The molecule has 1 saturated heterocycles. The van der Waals surface area contributed by atoms with E-state index in [-0.39, 0.29) is 12.5 Å². The monoisotopic (exact) mass is 219 g/mol. The van der Waals surface area contributed by atoms with Crippen LogP contribution in [0.1, 0.15) is 0 Å². The van der Waals surface area contributed by atoms with Gasteiger partial charge in [0.2, 0.25) is 0 Å². The zero-order valence-corrected chi connectivity index (χ0v) is 9.13. The summed E-state index contributed by atoms with van der Waals surface area (Å²) in [6.45, 7) is 3.05. The fraction of sp³-hybridized carbons (Fsp3) is 0.417. The molecule has 0 unspecified atom stereocenters. The predicted octanol–water partition coefficient (Wildman–Crippen LogP) is 0.512. The van der Waals surface area contributed by atoms with Gasteiger partial charge in [-0.2, -0.15) is 0 Å². The number of nitrogens with zero attached hydrogens (tertiary/aromatic N) is 2. The van der Waals surface area contributed by atoms with Crippen LogP contribution in [0.5, 0.6) is 5.75 Å². The summed E-state index contributed by atoms with van der Waals surface area (Å²) in [4.78, 5) is 13.5. The molecule has 1 aliphatic heterocycles. The lowest BCUT2D eigenvalue weighted by Crippen LogP contribution is -2.45. The van der Waals surface area contributed by atoms with Crippen molar-refractivity contribution in [2.24, 2.45) is 0 Å². The van der Waals surface area contributed by atoms with E-state index < -0.39 is 0 Å². The highest BCUT2D eigenvalue weighted by atomic mass is 16.5. The van der Waals surface area contributed by atoms with E-state index in [4.69, 9.17) is 4.74 Å². The van der Waals surface area contributed by atoms with E-state index in [9.17, 15) is 4.79 Å². The first kappa shape index (κ1) is 11.0. The Morgan fingerprint density at radius 1 is 1.25 bits per heavy atom. The third-order valence-corrected chi connectivity index (χ3v) is 2.51. The van der Waals surface area contributed by atoms with Crippen molar-refractivity contribution in [3.05, 3.63) is 30.3 Å². The Balaban J connectivity index is 1.79. The van der Waals surface area contributed by atoms with Gasteiger partial charge in [-0.3, -0.25) is 4.79 Å². The minimum atomic E-state index is 0.0405. The maximum atomic E-state index is 11.7. The number of carbonyl (C=O) groups is 1. The molecular weight excluding hydrogens is 204 g/mol. The molecule has 0 aliphatic carbocycles. The molecule has 2 rings (SSSR count). The highest BCUT2D eigenvalue weighted by molar-refractivity contribution is 5.77. The molecule has 1 aromatic rings. The van der Waals surface area contributed by atoms with Crippen LogP contribution in [0.3, 0.4) is 0 Å². The number of para-hydroxylation sites is 1. The van der Waals surface area contributed by atoms with Gasteiger partial charge in [0, 0.05) is 26.2 Å². The lowest BCUT2D eigenvalue weighted by atomic mass is 10.3. The van der Waals surface area contributed by atoms with Crippen molar-refractivity contribution >= 4 is 5.91 Å². The van der Waals surface area contributed by atoms with Crippen molar-refractivity contribution in [3.63, 3.8) is 0 Å². The predicted molar refractivity (Wildman–Crippen MR) is 60.4 cm³/mol. The highest BCUT2D eigenvalue weighted by Gasteiger charge is 2.16. The van der Waals surface area contributed by atoms with Gasteiger partial charge in [-0.05, 0) is 12.1 Å². The maximum absolute atomic E-state index is 11.7. The Morgan fingerprint density at radius 3 is 2.62 bits per heavy atom. The zero-order chi connectivity index (χ0) is 11.2. The van der Waals surface area contributed by atoms with E-state index in [1.807, 2.05) is 30.3 Å². The summed E-state index contributed by atoms with van der Waals surface area (Å²) in [5.41, 5.74) is 0. The summed E-state index contributed by atoms with van der Waals surface area (Å²) < 4.78 is 5.40. The maximum Gasteiger partial charge on any atom is 0.260 e. The molecule has 16 heavy (non-hydrogen) atoms. The molecule has 1 amide bonds. The zero-order valence-electron chi connectivity index (χ0n) is 9.13. The molecule has 0 N–H and O–H groups in total. The van der Waals surface area contributed by atoms with Crippen LogP contribution in [0.4, 0.5) is 0 Å². The molecule has 0 saturated carbocycles. The van der Waals surface area contributed by atoms with Crippen LogP contribution in [0.2, 0.25) is 0 Å². The number of amides is 1. The third-order valence-electron chi connectivity index (χ3n) is 2.51. The Labute approximate surface area is 95.2 Å². The van der Waals surface area contributed by atoms with E-state index in [1.54, 1.807) is 4.90 Å². The number of carbonyl (C=O) groups excluding carboxylic acids is 1. The molecule has 1 heterocycles. The van der Waals surface area contributed by atoms with Crippen molar-refractivity contribution in [2.45, 2.75) is 0 Å². The second-order valence-corrected chi connectivity index (χ2v) is 3.65. The Kier molecular flexibility index (Phi) is 3.77. The standard InChI is InChI=1S/C12H15N2O2/c15-12(14-8-6-13-7-9-14)10-16-11-4-2-1-3-5-11/h1-5H,6-10H2. The normalized spacial score (nSPS) is 15.9. The summed E-state index contributed by atoms with van der Waals surface area (Å²) in [5, 5.41) is 4.19. The number of ether oxygens (including phenoxy) is 1. The number of benzene rings is 1. The minimum Gasteiger partial charge on any atom is -0.484 e. The Bertz CT molecular complexity index is 334. The molecule has 85 valence electrons. The smallest absolute Gasteiger partial charge is 0.260 e. The van der Waals surface area contributed by atoms with Gasteiger partial charge >= 0.3 is 0 Å². The lowest BCUT2D eigenvalue weighted by Gasteiger charge is -2.26. The van der Waals surface area contributed by atoms with Crippen LogP contribution < -0.4 is 10.1 Å². The SMILES string of the molecule is O=C(COc1ccccc1)N1CC[N]CC1. The van der Waals surface area contributed by atoms with Gasteiger partial charge in [0.25, 0.3) is 5.91 Å². The molecule has 0 spiro atoms. The first-order valence-electron chi connectivity index (χ1n) is 5.45. The van der Waals surface area contributed by atoms with E-state index in [2.05, 4.69) is 5.32 Å². The average molecular weight is 219 g/mol. The van der Waals surface area contributed by atoms with E-state index >= 15 is 0 Å². The fourth-order valence-electron chi connectivity index (χ4n) is 1.61. The lowest BCUT2D eigenvalue weighted by molar-refractivity contribution is -0.133. The van der Waals surface area contributed by atoms with Crippen LogP contribution in [0.25, 0.3) is 0 Å². The molecule has 4 nitrogen and oxygen atoms in total. The van der Waals surface area contributed by atoms with Crippen LogP contribution in [-0.4, -0.2) is 43.6 Å². The first-order valence-corrected chi connectivity index (χ1v) is 5.45. The summed E-state index contributed by atoms with van der Waals surface area (Å²) in [5.74, 6) is 0.774. The second kappa shape index (κ2) is 5.51. The van der Waals surface area contributed by atoms with Crippen LogP contribution in [-0.2, 0) is 4.79 Å². The first-order chi connectivity index (χ1) is 7.86. The van der Waals surface area contributed by atoms with Crippen molar-refractivity contribution in [3.8, 4) is 5.75 Å². The van der Waals surface area contributed by atoms with Gasteiger partial charge in [0.05, 0.1) is 0 Å². The highest BCUT2D eigenvalue weighted by Crippen LogP contribution is 2.08. The van der Waals surface area contributed by atoms with Gasteiger partial charge in [0.1, 0.15) is 5.75 Å². The molecule has 4 heteroatoms. The minimum absolute atomic E-state index is 0.0405. The van der Waals surface area contributed by atoms with Crippen molar-refractivity contribution in [1.29, 1.82) is 0 Å². The fourth-order valence-corrected chi connectivity index (χ4v) is 1.61.